The molecule has 0 amide bonds. The quantitative estimate of drug-likeness (QED) is 0.683. The number of likely N-dealkylation sites (N-methyl/N-ethyl adjacent to an activating group) is 1. The first kappa shape index (κ1) is 14.5. The highest BCUT2D eigenvalue weighted by atomic mass is 16.5. The van der Waals surface area contributed by atoms with E-state index in [1.54, 1.807) is 0 Å². The Morgan fingerprint density at radius 1 is 1.47 bits per heavy atom. The summed E-state index contributed by atoms with van der Waals surface area (Å²) in [4.78, 5) is 11.5. The van der Waals surface area contributed by atoms with Gasteiger partial charge in [0.15, 0.2) is 0 Å². The highest BCUT2D eigenvalue weighted by molar-refractivity contribution is 5.80. The van der Waals surface area contributed by atoms with Crippen LogP contribution in [0.5, 0.6) is 0 Å². The van der Waals surface area contributed by atoms with Crippen molar-refractivity contribution in [2.45, 2.75) is 52.2 Å². The highest BCUT2D eigenvalue weighted by Gasteiger charge is 2.51. The molecule has 1 saturated carbocycles. The van der Waals surface area contributed by atoms with E-state index < -0.39 is 11.5 Å². The van der Waals surface area contributed by atoms with Gasteiger partial charge in [-0.1, -0.05) is 20.8 Å². The first-order chi connectivity index (χ1) is 7.94. The van der Waals surface area contributed by atoms with Gasteiger partial charge >= 0.3 is 5.97 Å². The zero-order chi connectivity index (χ0) is 13.1. The van der Waals surface area contributed by atoms with Gasteiger partial charge in [0.25, 0.3) is 0 Å². The molecule has 0 aromatic rings. The van der Waals surface area contributed by atoms with Crippen molar-refractivity contribution in [2.75, 3.05) is 13.2 Å². The van der Waals surface area contributed by atoms with Crippen molar-refractivity contribution in [1.82, 2.24) is 5.32 Å². The van der Waals surface area contributed by atoms with E-state index >= 15 is 0 Å². The van der Waals surface area contributed by atoms with Gasteiger partial charge in [0.2, 0.25) is 0 Å². The van der Waals surface area contributed by atoms with Gasteiger partial charge in [-0.25, -0.2) is 0 Å². The van der Waals surface area contributed by atoms with Crippen LogP contribution in [0.15, 0.2) is 0 Å². The van der Waals surface area contributed by atoms with Crippen molar-refractivity contribution < 1.29 is 14.6 Å². The number of ether oxygens (including phenoxy) is 1. The van der Waals surface area contributed by atoms with Gasteiger partial charge in [0.1, 0.15) is 5.54 Å². The van der Waals surface area contributed by atoms with Crippen LogP contribution in [0.25, 0.3) is 0 Å². The molecule has 0 aliphatic heterocycles. The molecule has 17 heavy (non-hydrogen) atoms. The van der Waals surface area contributed by atoms with E-state index in [1.807, 2.05) is 13.8 Å². The fourth-order valence-corrected chi connectivity index (χ4v) is 1.97. The lowest BCUT2D eigenvalue weighted by Gasteiger charge is -2.32. The smallest absolute Gasteiger partial charge is 0.326 e. The maximum Gasteiger partial charge on any atom is 0.326 e. The van der Waals surface area contributed by atoms with Crippen molar-refractivity contribution in [3.63, 3.8) is 0 Å². The lowest BCUT2D eigenvalue weighted by molar-refractivity contribution is -0.150. The van der Waals surface area contributed by atoms with Crippen molar-refractivity contribution in [3.05, 3.63) is 0 Å². The predicted molar refractivity (Wildman–Crippen MR) is 67.0 cm³/mol. The predicted octanol–water partition coefficient (Wildman–Crippen LogP) is 1.89. The van der Waals surface area contributed by atoms with Crippen LogP contribution in [0.4, 0.5) is 0 Å². The molecule has 4 heteroatoms. The van der Waals surface area contributed by atoms with Crippen LogP contribution in [-0.4, -0.2) is 35.9 Å². The SMILES string of the molecule is CCNC(COC(C)C(C)C)(C(=O)O)C1CC1. The summed E-state index contributed by atoms with van der Waals surface area (Å²) in [7, 11) is 0. The maximum atomic E-state index is 11.5. The lowest BCUT2D eigenvalue weighted by Crippen LogP contribution is -2.58. The minimum atomic E-state index is -0.877. The first-order valence-corrected chi connectivity index (χ1v) is 6.54. The Morgan fingerprint density at radius 2 is 2.06 bits per heavy atom. The minimum Gasteiger partial charge on any atom is -0.480 e. The van der Waals surface area contributed by atoms with Crippen molar-refractivity contribution in [3.8, 4) is 0 Å². The largest absolute Gasteiger partial charge is 0.480 e. The van der Waals surface area contributed by atoms with Crippen LogP contribution < -0.4 is 5.32 Å². The Bertz CT molecular complexity index is 263. The number of nitrogens with one attached hydrogen (secondary N) is 1. The van der Waals surface area contributed by atoms with Gasteiger partial charge in [-0.2, -0.15) is 0 Å². The van der Waals surface area contributed by atoms with Gasteiger partial charge in [-0.05, 0) is 38.1 Å². The van der Waals surface area contributed by atoms with Gasteiger partial charge < -0.3 is 9.84 Å². The van der Waals surface area contributed by atoms with Crippen LogP contribution in [0.3, 0.4) is 0 Å². The molecule has 2 atom stereocenters. The highest BCUT2D eigenvalue weighted by Crippen LogP contribution is 2.40. The fourth-order valence-electron chi connectivity index (χ4n) is 1.97. The van der Waals surface area contributed by atoms with Crippen LogP contribution in [0.1, 0.15) is 40.5 Å². The summed E-state index contributed by atoms with van der Waals surface area (Å²) >= 11 is 0. The topological polar surface area (TPSA) is 58.6 Å². The molecule has 1 rings (SSSR count). The zero-order valence-electron chi connectivity index (χ0n) is 11.3. The first-order valence-electron chi connectivity index (χ1n) is 6.54. The minimum absolute atomic E-state index is 0.0890. The van der Waals surface area contributed by atoms with Crippen molar-refractivity contribution >= 4 is 5.97 Å². The summed E-state index contributed by atoms with van der Waals surface area (Å²) in [6.45, 7) is 9.01. The molecular formula is C13H25NO3. The van der Waals surface area contributed by atoms with E-state index in [-0.39, 0.29) is 18.6 Å². The van der Waals surface area contributed by atoms with Gasteiger partial charge in [-0.3, -0.25) is 10.1 Å². The zero-order valence-corrected chi connectivity index (χ0v) is 11.3. The summed E-state index contributed by atoms with van der Waals surface area (Å²) in [6.07, 6.45) is 2.06. The monoisotopic (exact) mass is 243 g/mol. The molecule has 2 N–H and O–H groups in total. The number of rotatable bonds is 8. The molecular weight excluding hydrogens is 218 g/mol. The lowest BCUT2D eigenvalue weighted by atomic mass is 9.94. The van der Waals surface area contributed by atoms with E-state index in [9.17, 15) is 9.90 Å². The standard InChI is InChI=1S/C13H25NO3/c1-5-14-13(12(15)16,11-6-7-11)8-17-10(4)9(2)3/h9-11,14H,5-8H2,1-4H3,(H,15,16). The number of aliphatic carboxylic acids is 1. The summed E-state index contributed by atoms with van der Waals surface area (Å²) in [5, 5.41) is 12.6. The van der Waals surface area contributed by atoms with E-state index in [2.05, 4.69) is 19.2 Å². The van der Waals surface area contributed by atoms with Crippen LogP contribution >= 0.6 is 0 Å². The third-order valence-electron chi connectivity index (χ3n) is 3.66. The molecule has 1 aliphatic carbocycles. The van der Waals surface area contributed by atoms with Gasteiger partial charge in [-0.15, -0.1) is 0 Å². The van der Waals surface area contributed by atoms with Crippen molar-refractivity contribution in [2.24, 2.45) is 11.8 Å². The summed E-state index contributed by atoms with van der Waals surface area (Å²) < 4.78 is 5.74. The number of carboxylic acids is 1. The summed E-state index contributed by atoms with van der Waals surface area (Å²) in [6, 6.07) is 0. The summed E-state index contributed by atoms with van der Waals surface area (Å²) in [5.41, 5.74) is -0.877. The molecule has 0 saturated heterocycles. The molecule has 0 heterocycles. The second-order valence-electron chi connectivity index (χ2n) is 5.34. The molecule has 1 aliphatic rings. The molecule has 2 unspecified atom stereocenters. The molecule has 0 aromatic carbocycles. The van der Waals surface area contributed by atoms with Crippen LogP contribution in [0.2, 0.25) is 0 Å². The number of hydrogen-bond donors (Lipinski definition) is 2. The van der Waals surface area contributed by atoms with Crippen LogP contribution in [-0.2, 0) is 9.53 Å². The Balaban J connectivity index is 2.65. The Hall–Kier alpha value is -0.610. The second kappa shape index (κ2) is 5.83. The molecule has 100 valence electrons. The Kier molecular flexibility index (Phi) is 4.95. The van der Waals surface area contributed by atoms with Crippen molar-refractivity contribution in [1.29, 1.82) is 0 Å². The third-order valence-corrected chi connectivity index (χ3v) is 3.66. The fraction of sp³-hybridized carbons (Fsp3) is 0.923. The number of carboxylic acid groups (broad SMARTS) is 1. The van der Waals surface area contributed by atoms with E-state index in [0.717, 1.165) is 12.8 Å². The average molecular weight is 243 g/mol. The van der Waals surface area contributed by atoms with E-state index in [0.29, 0.717) is 12.5 Å². The Morgan fingerprint density at radius 3 is 2.41 bits per heavy atom. The third kappa shape index (κ3) is 3.42. The molecule has 1 fully saturated rings. The molecule has 0 radical (unpaired) electrons. The number of carbonyl (C=O) groups is 1. The van der Waals surface area contributed by atoms with E-state index in [4.69, 9.17) is 4.74 Å². The normalized spacial score (nSPS) is 21.2. The average Bonchev–Trinajstić information content (AvgIpc) is 3.07. The van der Waals surface area contributed by atoms with E-state index in [1.165, 1.54) is 0 Å². The second-order valence-corrected chi connectivity index (χ2v) is 5.34. The van der Waals surface area contributed by atoms with Gasteiger partial charge in [0.05, 0.1) is 12.7 Å². The molecule has 4 nitrogen and oxygen atoms in total. The maximum absolute atomic E-state index is 11.5. The Labute approximate surface area is 104 Å². The van der Waals surface area contributed by atoms with Gasteiger partial charge in [0, 0.05) is 0 Å². The number of hydrogen-bond acceptors (Lipinski definition) is 3. The molecule has 0 bridgehead atoms. The summed E-state index contributed by atoms with van der Waals surface area (Å²) in [5.74, 6) is -0.153. The molecule has 0 spiro atoms. The van der Waals surface area contributed by atoms with Crippen LogP contribution in [0, 0.1) is 11.8 Å². The molecule has 0 aromatic heterocycles.